The molecule has 0 atom stereocenters. The van der Waals surface area contributed by atoms with E-state index in [9.17, 15) is 0 Å². The van der Waals surface area contributed by atoms with Gasteiger partial charge in [-0.2, -0.15) is 5.53 Å². The summed E-state index contributed by atoms with van der Waals surface area (Å²) >= 11 is 0. The third-order valence-corrected chi connectivity index (χ3v) is 1.04. The van der Waals surface area contributed by atoms with E-state index >= 15 is 0 Å². The Hall–Kier alpha value is -0.160. The largest absolute Gasteiger partial charge is 0.302 e. The van der Waals surface area contributed by atoms with Gasteiger partial charge in [0.05, 0.1) is 6.67 Å². The van der Waals surface area contributed by atoms with Crippen molar-refractivity contribution in [1.82, 2.24) is 15.9 Å². The number of rotatable bonds is 1. The molecule has 7 heavy (non-hydrogen) atoms. The van der Waals surface area contributed by atoms with E-state index in [1.54, 1.807) is 0 Å². The van der Waals surface area contributed by atoms with Crippen LogP contribution >= 0.6 is 0 Å². The van der Waals surface area contributed by atoms with Crippen molar-refractivity contribution >= 4 is 0 Å². The second kappa shape index (κ2) is 2.23. The first-order chi connectivity index (χ1) is 3.43. The normalized spacial score (nSPS) is 23.6. The van der Waals surface area contributed by atoms with E-state index in [2.05, 4.69) is 10.9 Å². The summed E-state index contributed by atoms with van der Waals surface area (Å²) in [4.78, 5) is 0. The average Bonchev–Trinajstić information content (AvgIpc) is 2.14. The average molecular weight is 102 g/mol. The molecule has 0 radical (unpaired) electrons. The fourth-order valence-corrected chi connectivity index (χ4v) is 0.617. The maximum Gasteiger partial charge on any atom is 0.0635 e. The Morgan fingerprint density at radius 3 is 2.86 bits per heavy atom. The lowest BCUT2D eigenvalue weighted by atomic mass is 10.7. The van der Waals surface area contributed by atoms with Crippen LogP contribution < -0.4 is 16.7 Å². The second-order valence-electron chi connectivity index (χ2n) is 1.55. The van der Waals surface area contributed by atoms with Crippen LogP contribution in [-0.2, 0) is 0 Å². The third-order valence-electron chi connectivity index (χ3n) is 1.04. The second-order valence-corrected chi connectivity index (χ2v) is 1.55. The van der Waals surface area contributed by atoms with E-state index in [-0.39, 0.29) is 0 Å². The summed E-state index contributed by atoms with van der Waals surface area (Å²) < 4.78 is 0. The van der Waals surface area contributed by atoms with Gasteiger partial charge in [-0.3, -0.25) is 5.84 Å². The molecule has 0 saturated carbocycles. The third kappa shape index (κ3) is 1.10. The molecule has 4 heteroatoms. The van der Waals surface area contributed by atoms with Crippen LogP contribution in [0.5, 0.6) is 0 Å². The highest BCUT2D eigenvalue weighted by Crippen LogP contribution is 1.81. The van der Waals surface area contributed by atoms with Gasteiger partial charge in [0.25, 0.3) is 0 Å². The van der Waals surface area contributed by atoms with Gasteiger partial charge < -0.3 is 5.32 Å². The number of nitrogens with one attached hydrogen (secondary N) is 2. The van der Waals surface area contributed by atoms with Gasteiger partial charge in [-0.15, -0.1) is 0 Å². The lowest BCUT2D eigenvalue weighted by molar-refractivity contribution is 0.237. The zero-order chi connectivity index (χ0) is 5.11. The summed E-state index contributed by atoms with van der Waals surface area (Å²) in [5.74, 6) is 5.07. The molecule has 42 valence electrons. The Morgan fingerprint density at radius 2 is 2.57 bits per heavy atom. The van der Waals surface area contributed by atoms with Crippen molar-refractivity contribution in [1.29, 1.82) is 0 Å². The lowest BCUT2D eigenvalue weighted by Crippen LogP contribution is -2.41. The monoisotopic (exact) mass is 102 g/mol. The van der Waals surface area contributed by atoms with Gasteiger partial charge in [-0.25, -0.2) is 5.01 Å². The van der Waals surface area contributed by atoms with E-state index in [0.717, 1.165) is 19.8 Å². The Labute approximate surface area is 42.6 Å². The van der Waals surface area contributed by atoms with Crippen LogP contribution in [0.1, 0.15) is 0 Å². The Morgan fingerprint density at radius 1 is 1.71 bits per heavy atom. The molecule has 0 amide bonds. The van der Waals surface area contributed by atoms with Crippen LogP contribution in [0.3, 0.4) is 0 Å². The van der Waals surface area contributed by atoms with Gasteiger partial charge in [-0.05, 0) is 0 Å². The minimum atomic E-state index is 0.858. The van der Waals surface area contributed by atoms with E-state index in [4.69, 9.17) is 5.84 Å². The van der Waals surface area contributed by atoms with E-state index in [1.165, 1.54) is 0 Å². The van der Waals surface area contributed by atoms with Crippen molar-refractivity contribution in [2.45, 2.75) is 0 Å². The molecule has 0 aromatic heterocycles. The van der Waals surface area contributed by atoms with Crippen molar-refractivity contribution in [2.24, 2.45) is 5.84 Å². The van der Waals surface area contributed by atoms with Crippen molar-refractivity contribution < 1.29 is 0 Å². The summed E-state index contributed by atoms with van der Waals surface area (Å²) in [6, 6.07) is 0. The van der Waals surface area contributed by atoms with Crippen LogP contribution in [-0.4, -0.2) is 24.8 Å². The van der Waals surface area contributed by atoms with E-state index in [1.807, 2.05) is 5.01 Å². The molecule has 1 rings (SSSR count). The molecular weight excluding hydrogens is 92.1 g/mol. The summed E-state index contributed by atoms with van der Waals surface area (Å²) in [6.45, 7) is 2.89. The standard InChI is InChI=1S/C3H10N4/c4-6-7-2-1-5-3-7/h5-6H,1-4H2. The summed E-state index contributed by atoms with van der Waals surface area (Å²) in [5, 5.41) is 5.01. The fourth-order valence-electron chi connectivity index (χ4n) is 0.617. The highest BCUT2D eigenvalue weighted by atomic mass is 15.7. The molecule has 1 aliphatic rings. The smallest absolute Gasteiger partial charge is 0.0635 e. The number of hydrazine groups is 2. The van der Waals surface area contributed by atoms with Gasteiger partial charge in [0.1, 0.15) is 0 Å². The minimum Gasteiger partial charge on any atom is -0.302 e. The molecule has 4 nitrogen and oxygen atoms in total. The molecule has 1 heterocycles. The topological polar surface area (TPSA) is 53.3 Å². The molecule has 0 aliphatic carbocycles. The van der Waals surface area contributed by atoms with Gasteiger partial charge >= 0.3 is 0 Å². The van der Waals surface area contributed by atoms with Gasteiger partial charge in [-0.1, -0.05) is 0 Å². The molecule has 0 spiro atoms. The van der Waals surface area contributed by atoms with Crippen LogP contribution in [0.2, 0.25) is 0 Å². The van der Waals surface area contributed by atoms with Gasteiger partial charge in [0.2, 0.25) is 0 Å². The molecule has 0 aromatic rings. The molecule has 4 N–H and O–H groups in total. The van der Waals surface area contributed by atoms with Crippen molar-refractivity contribution in [2.75, 3.05) is 19.8 Å². The highest BCUT2D eigenvalue weighted by molar-refractivity contribution is 4.58. The molecule has 1 fully saturated rings. The Kier molecular flexibility index (Phi) is 1.59. The predicted octanol–water partition coefficient (Wildman–Crippen LogP) is -1.77. The Balaban J connectivity index is 2.14. The summed E-state index contributed by atoms with van der Waals surface area (Å²) in [5.41, 5.74) is 2.53. The molecule has 0 bridgehead atoms. The van der Waals surface area contributed by atoms with Gasteiger partial charge in [0, 0.05) is 13.1 Å². The maximum absolute atomic E-state index is 5.07. The maximum atomic E-state index is 5.07. The fraction of sp³-hybridized carbons (Fsp3) is 1.00. The summed E-state index contributed by atoms with van der Waals surface area (Å²) in [7, 11) is 0. The van der Waals surface area contributed by atoms with Crippen molar-refractivity contribution in [3.63, 3.8) is 0 Å². The van der Waals surface area contributed by atoms with Crippen LogP contribution in [0.25, 0.3) is 0 Å². The van der Waals surface area contributed by atoms with E-state index in [0.29, 0.717) is 0 Å². The van der Waals surface area contributed by atoms with Crippen LogP contribution in [0.4, 0.5) is 0 Å². The first-order valence-corrected chi connectivity index (χ1v) is 2.35. The number of hydrogen-bond acceptors (Lipinski definition) is 4. The minimum absolute atomic E-state index is 0.858. The van der Waals surface area contributed by atoms with Crippen LogP contribution in [0.15, 0.2) is 0 Å². The van der Waals surface area contributed by atoms with Crippen molar-refractivity contribution in [3.8, 4) is 0 Å². The predicted molar refractivity (Wildman–Crippen MR) is 26.9 cm³/mol. The molecule has 1 aliphatic heterocycles. The molecular formula is C3H10N4. The quantitative estimate of drug-likeness (QED) is 0.271. The zero-order valence-corrected chi connectivity index (χ0v) is 4.15. The first kappa shape index (κ1) is 4.99. The molecule has 0 unspecified atom stereocenters. The Bertz CT molecular complexity index is 48.9. The van der Waals surface area contributed by atoms with E-state index < -0.39 is 0 Å². The van der Waals surface area contributed by atoms with Crippen molar-refractivity contribution in [3.05, 3.63) is 0 Å². The molecule has 0 aromatic carbocycles. The lowest BCUT2D eigenvalue weighted by Gasteiger charge is -2.08. The van der Waals surface area contributed by atoms with Gasteiger partial charge in [0.15, 0.2) is 0 Å². The summed E-state index contributed by atoms with van der Waals surface area (Å²) in [6.07, 6.45) is 0. The number of hydrogen-bond donors (Lipinski definition) is 3. The number of nitrogens with two attached hydrogens (primary N) is 1. The number of nitrogens with zero attached hydrogens (tertiary/aromatic N) is 1. The highest BCUT2D eigenvalue weighted by Gasteiger charge is 2.06. The van der Waals surface area contributed by atoms with Crippen LogP contribution in [0, 0.1) is 0 Å². The SMILES string of the molecule is NNN1CCNC1. The first-order valence-electron chi connectivity index (χ1n) is 2.35. The molecule has 1 saturated heterocycles. The zero-order valence-electron chi connectivity index (χ0n) is 4.15.